The number of carbonyl (C=O) groups excluding carboxylic acids is 1. The maximum atomic E-state index is 11.8. The van der Waals surface area contributed by atoms with Gasteiger partial charge in [0.05, 0.1) is 5.69 Å². The fraction of sp³-hybridized carbons (Fsp3) is 0.692. The molecule has 0 aliphatic heterocycles. The lowest BCUT2D eigenvalue weighted by molar-refractivity contribution is -0.122. The average molecular weight is 288 g/mol. The molecule has 1 aromatic heterocycles. The second-order valence-corrected chi connectivity index (χ2v) is 5.14. The van der Waals surface area contributed by atoms with Crippen LogP contribution < -0.4 is 11.1 Å². The molecular formula is C13H22ClN3O2. The number of carbonyl (C=O) groups is 1. The Morgan fingerprint density at radius 2 is 2.21 bits per heavy atom. The first-order valence-corrected chi connectivity index (χ1v) is 6.52. The molecule has 0 spiro atoms. The molecule has 1 saturated carbocycles. The lowest BCUT2D eigenvalue weighted by Gasteiger charge is -2.14. The van der Waals surface area contributed by atoms with Gasteiger partial charge in [0.15, 0.2) is 0 Å². The summed E-state index contributed by atoms with van der Waals surface area (Å²) in [6, 6.07) is 0.190. The molecule has 6 heteroatoms. The van der Waals surface area contributed by atoms with Gasteiger partial charge in [0, 0.05) is 24.6 Å². The number of aromatic nitrogens is 1. The van der Waals surface area contributed by atoms with Gasteiger partial charge in [-0.1, -0.05) is 11.6 Å². The number of hydrogen-bond donors (Lipinski definition) is 2. The molecule has 0 unspecified atom stereocenters. The van der Waals surface area contributed by atoms with Gasteiger partial charge in [-0.05, 0) is 32.6 Å². The molecule has 0 aromatic carbocycles. The molecular weight excluding hydrogens is 266 g/mol. The summed E-state index contributed by atoms with van der Waals surface area (Å²) in [7, 11) is 0. The van der Waals surface area contributed by atoms with Crippen LogP contribution in [0.4, 0.5) is 0 Å². The summed E-state index contributed by atoms with van der Waals surface area (Å²) < 4.78 is 5.06. The van der Waals surface area contributed by atoms with Crippen molar-refractivity contribution in [2.24, 2.45) is 11.7 Å². The molecule has 5 nitrogen and oxygen atoms in total. The largest absolute Gasteiger partial charge is 0.361 e. The van der Waals surface area contributed by atoms with Crippen molar-refractivity contribution in [3.05, 3.63) is 17.0 Å². The summed E-state index contributed by atoms with van der Waals surface area (Å²) in [5, 5.41) is 6.78. The number of nitrogens with one attached hydrogen (secondary N) is 1. The van der Waals surface area contributed by atoms with Crippen molar-refractivity contribution in [1.82, 2.24) is 10.5 Å². The van der Waals surface area contributed by atoms with E-state index in [9.17, 15) is 4.79 Å². The molecule has 2 atom stereocenters. The van der Waals surface area contributed by atoms with Gasteiger partial charge in [-0.3, -0.25) is 4.79 Å². The molecule has 1 aromatic rings. The summed E-state index contributed by atoms with van der Waals surface area (Å²) in [5.41, 5.74) is 7.77. The number of aryl methyl sites for hydroxylation is 2. The van der Waals surface area contributed by atoms with Gasteiger partial charge in [0.2, 0.25) is 5.91 Å². The van der Waals surface area contributed by atoms with E-state index < -0.39 is 0 Å². The number of halogens is 1. The Morgan fingerprint density at radius 3 is 2.74 bits per heavy atom. The fourth-order valence-electron chi connectivity index (χ4n) is 2.57. The van der Waals surface area contributed by atoms with Crippen molar-refractivity contribution in [2.75, 3.05) is 0 Å². The Bertz CT molecular complexity index is 414. The summed E-state index contributed by atoms with van der Waals surface area (Å²) in [6.45, 7) is 4.22. The fourth-order valence-corrected chi connectivity index (χ4v) is 2.57. The Morgan fingerprint density at radius 1 is 1.47 bits per heavy atom. The van der Waals surface area contributed by atoms with Crippen LogP contribution in [0.15, 0.2) is 4.52 Å². The van der Waals surface area contributed by atoms with E-state index in [0.29, 0.717) is 18.9 Å². The summed E-state index contributed by atoms with van der Waals surface area (Å²) >= 11 is 0. The van der Waals surface area contributed by atoms with Crippen LogP contribution in [0.1, 0.15) is 42.7 Å². The lowest BCUT2D eigenvalue weighted by atomic mass is 10.00. The van der Waals surface area contributed by atoms with Crippen LogP contribution in [0.3, 0.4) is 0 Å². The molecule has 2 rings (SSSR count). The maximum absolute atomic E-state index is 11.8. The normalized spacial score (nSPS) is 22.1. The highest BCUT2D eigenvalue weighted by Crippen LogP contribution is 2.26. The predicted molar refractivity (Wildman–Crippen MR) is 75.0 cm³/mol. The van der Waals surface area contributed by atoms with Gasteiger partial charge in [-0.2, -0.15) is 0 Å². The zero-order valence-electron chi connectivity index (χ0n) is 11.4. The number of rotatable bonds is 4. The van der Waals surface area contributed by atoms with E-state index in [1.165, 1.54) is 0 Å². The lowest BCUT2D eigenvalue weighted by Crippen LogP contribution is -2.31. The molecule has 108 valence electrons. The Balaban J connectivity index is 0.00000180. The first-order chi connectivity index (χ1) is 8.58. The van der Waals surface area contributed by atoms with E-state index in [2.05, 4.69) is 10.5 Å². The minimum Gasteiger partial charge on any atom is -0.361 e. The van der Waals surface area contributed by atoms with Crippen LogP contribution >= 0.6 is 12.4 Å². The molecule has 1 aliphatic rings. The molecule has 1 heterocycles. The van der Waals surface area contributed by atoms with Gasteiger partial charge in [0.1, 0.15) is 5.76 Å². The van der Waals surface area contributed by atoms with E-state index in [1.54, 1.807) is 0 Å². The van der Waals surface area contributed by atoms with Crippen LogP contribution in [0, 0.1) is 19.8 Å². The second-order valence-electron chi connectivity index (χ2n) is 5.14. The second kappa shape index (κ2) is 6.91. The maximum Gasteiger partial charge on any atom is 0.220 e. The molecule has 3 N–H and O–H groups in total. The van der Waals surface area contributed by atoms with Gasteiger partial charge in [-0.15, -0.1) is 12.4 Å². The highest BCUT2D eigenvalue weighted by molar-refractivity contribution is 5.85. The zero-order valence-corrected chi connectivity index (χ0v) is 12.3. The predicted octanol–water partition coefficient (Wildman–Crippen LogP) is 1.85. The van der Waals surface area contributed by atoms with Crippen molar-refractivity contribution in [3.8, 4) is 0 Å². The number of nitrogens with zero attached hydrogens (tertiary/aromatic N) is 1. The zero-order chi connectivity index (χ0) is 13.1. The third-order valence-corrected chi connectivity index (χ3v) is 3.81. The third-order valence-electron chi connectivity index (χ3n) is 3.81. The Labute approximate surface area is 119 Å². The summed E-state index contributed by atoms with van der Waals surface area (Å²) in [5.74, 6) is 1.18. The van der Waals surface area contributed by atoms with Gasteiger partial charge in [0.25, 0.3) is 0 Å². The van der Waals surface area contributed by atoms with Gasteiger partial charge in [-0.25, -0.2) is 0 Å². The monoisotopic (exact) mass is 287 g/mol. The quantitative estimate of drug-likeness (QED) is 0.885. The molecule has 0 bridgehead atoms. The van der Waals surface area contributed by atoms with Crippen LogP contribution in [0.2, 0.25) is 0 Å². The van der Waals surface area contributed by atoms with Crippen molar-refractivity contribution in [1.29, 1.82) is 0 Å². The number of hydrogen-bond acceptors (Lipinski definition) is 4. The van der Waals surface area contributed by atoms with Gasteiger partial charge >= 0.3 is 0 Å². The minimum absolute atomic E-state index is 0. The summed E-state index contributed by atoms with van der Waals surface area (Å²) in [6.07, 6.45) is 3.79. The highest BCUT2D eigenvalue weighted by Gasteiger charge is 2.26. The Hall–Kier alpha value is -1.07. The molecule has 1 amide bonds. The van der Waals surface area contributed by atoms with Crippen molar-refractivity contribution in [2.45, 2.75) is 52.1 Å². The molecule has 1 aliphatic carbocycles. The molecule has 1 fully saturated rings. The smallest absolute Gasteiger partial charge is 0.220 e. The molecule has 19 heavy (non-hydrogen) atoms. The number of nitrogens with two attached hydrogens (primary N) is 1. The first kappa shape index (κ1) is 16.0. The van der Waals surface area contributed by atoms with Crippen molar-refractivity contribution < 1.29 is 9.32 Å². The first-order valence-electron chi connectivity index (χ1n) is 6.52. The number of amides is 1. The Kier molecular flexibility index (Phi) is 5.82. The van der Waals surface area contributed by atoms with Crippen LogP contribution in [-0.4, -0.2) is 17.1 Å². The molecule has 0 saturated heterocycles. The van der Waals surface area contributed by atoms with Crippen LogP contribution in [0.25, 0.3) is 0 Å². The third kappa shape index (κ3) is 3.94. The van der Waals surface area contributed by atoms with E-state index in [0.717, 1.165) is 36.3 Å². The van der Waals surface area contributed by atoms with Crippen LogP contribution in [-0.2, 0) is 11.3 Å². The molecule has 0 radical (unpaired) electrons. The minimum atomic E-state index is 0. The average Bonchev–Trinajstić information content (AvgIpc) is 2.85. The van der Waals surface area contributed by atoms with Crippen molar-refractivity contribution >= 4 is 18.3 Å². The van der Waals surface area contributed by atoms with Gasteiger partial charge < -0.3 is 15.6 Å². The topological polar surface area (TPSA) is 81.2 Å². The van der Waals surface area contributed by atoms with Crippen molar-refractivity contribution in [3.63, 3.8) is 0 Å². The standard InChI is InChI=1S/C13H21N3O2.ClH/c1-8-11(9(2)18-16-8)7-15-13(17)6-10-4-3-5-12(10)14;/h10,12H,3-7,14H2,1-2H3,(H,15,17);1H/t10-,12+;/m0./s1. The van der Waals surface area contributed by atoms with E-state index in [1.807, 2.05) is 13.8 Å². The summed E-state index contributed by atoms with van der Waals surface area (Å²) in [4.78, 5) is 11.8. The van der Waals surface area contributed by atoms with Crippen LogP contribution in [0.5, 0.6) is 0 Å². The SMILES string of the molecule is Cc1noc(C)c1CNC(=O)C[C@@H]1CCC[C@H]1N.Cl. The van der Waals surface area contributed by atoms with E-state index in [4.69, 9.17) is 10.3 Å². The van der Waals surface area contributed by atoms with E-state index in [-0.39, 0.29) is 24.4 Å². The highest BCUT2D eigenvalue weighted by atomic mass is 35.5. The van der Waals surface area contributed by atoms with E-state index >= 15 is 0 Å².